The Balaban J connectivity index is 1.99. The highest BCUT2D eigenvalue weighted by molar-refractivity contribution is 5.76. The van der Waals surface area contributed by atoms with Gasteiger partial charge in [0.2, 0.25) is 5.91 Å². The van der Waals surface area contributed by atoms with Gasteiger partial charge in [-0.25, -0.2) is 4.39 Å². The minimum Gasteiger partial charge on any atom is -0.359 e. The van der Waals surface area contributed by atoms with Crippen LogP contribution in [0.5, 0.6) is 0 Å². The molecule has 1 unspecified atom stereocenters. The van der Waals surface area contributed by atoms with Crippen LogP contribution in [-0.2, 0) is 4.79 Å². The molecule has 0 aromatic heterocycles. The van der Waals surface area contributed by atoms with Gasteiger partial charge in [-0.2, -0.15) is 0 Å². The molecule has 3 rings (SSSR count). The lowest BCUT2D eigenvalue weighted by atomic mass is 9.94. The third kappa shape index (κ3) is 4.24. The Labute approximate surface area is 148 Å². The zero-order chi connectivity index (χ0) is 17.6. The van der Waals surface area contributed by atoms with Gasteiger partial charge < -0.3 is 10.6 Å². The molecule has 0 radical (unpaired) electrons. The Bertz CT molecular complexity index is 707. The summed E-state index contributed by atoms with van der Waals surface area (Å²) in [5.41, 5.74) is 2.02. The van der Waals surface area contributed by atoms with E-state index in [1.165, 1.54) is 6.07 Å². The van der Waals surface area contributed by atoms with Crippen molar-refractivity contribution in [3.63, 3.8) is 0 Å². The Hall–Kier alpha value is -2.24. The minimum atomic E-state index is -0.239. The summed E-state index contributed by atoms with van der Waals surface area (Å²) in [6.07, 6.45) is 0.419. The fourth-order valence-electron chi connectivity index (χ4n) is 3.51. The van der Waals surface area contributed by atoms with Crippen molar-refractivity contribution in [1.82, 2.24) is 15.5 Å². The van der Waals surface area contributed by atoms with Crippen molar-refractivity contribution < 1.29 is 9.18 Å². The van der Waals surface area contributed by atoms with E-state index in [-0.39, 0.29) is 23.8 Å². The van der Waals surface area contributed by atoms with Gasteiger partial charge in [-0.1, -0.05) is 42.5 Å². The fourth-order valence-corrected chi connectivity index (χ4v) is 3.51. The highest BCUT2D eigenvalue weighted by Gasteiger charge is 2.32. The minimum absolute atomic E-state index is 0.0183. The summed E-state index contributed by atoms with van der Waals surface area (Å²) in [5.74, 6) is -0.221. The van der Waals surface area contributed by atoms with Crippen LogP contribution in [0.15, 0.2) is 54.6 Å². The first-order valence-corrected chi connectivity index (χ1v) is 8.66. The SMILES string of the molecule is CNC(=O)C[C@H]1CNCCN1C(c1ccccc1)c1cccc(F)c1. The summed E-state index contributed by atoms with van der Waals surface area (Å²) < 4.78 is 13.9. The number of carbonyl (C=O) groups excluding carboxylic acids is 1. The van der Waals surface area contributed by atoms with Crippen molar-refractivity contribution in [3.05, 3.63) is 71.5 Å². The van der Waals surface area contributed by atoms with Crippen LogP contribution in [0.3, 0.4) is 0 Å². The maximum atomic E-state index is 13.9. The van der Waals surface area contributed by atoms with Gasteiger partial charge in [0.15, 0.2) is 0 Å². The Morgan fingerprint density at radius 1 is 1.24 bits per heavy atom. The molecule has 0 spiro atoms. The average molecular weight is 341 g/mol. The summed E-state index contributed by atoms with van der Waals surface area (Å²) in [6, 6.07) is 16.8. The largest absolute Gasteiger partial charge is 0.359 e. The van der Waals surface area contributed by atoms with E-state index in [2.05, 4.69) is 27.7 Å². The van der Waals surface area contributed by atoms with E-state index in [0.29, 0.717) is 6.42 Å². The van der Waals surface area contributed by atoms with Crippen LogP contribution < -0.4 is 10.6 Å². The highest BCUT2D eigenvalue weighted by atomic mass is 19.1. The van der Waals surface area contributed by atoms with Crippen molar-refractivity contribution in [2.45, 2.75) is 18.5 Å². The number of piperazine rings is 1. The number of hydrogen-bond donors (Lipinski definition) is 2. The van der Waals surface area contributed by atoms with Gasteiger partial charge in [0.25, 0.3) is 0 Å². The summed E-state index contributed by atoms with van der Waals surface area (Å²) >= 11 is 0. The molecule has 0 saturated carbocycles. The van der Waals surface area contributed by atoms with Crippen molar-refractivity contribution in [2.75, 3.05) is 26.7 Å². The van der Waals surface area contributed by atoms with E-state index >= 15 is 0 Å². The van der Waals surface area contributed by atoms with Gasteiger partial charge in [0.1, 0.15) is 5.82 Å². The van der Waals surface area contributed by atoms with E-state index in [0.717, 1.165) is 30.8 Å². The number of hydrogen-bond acceptors (Lipinski definition) is 3. The molecule has 0 aliphatic carbocycles. The van der Waals surface area contributed by atoms with Crippen LogP contribution >= 0.6 is 0 Å². The van der Waals surface area contributed by atoms with Crippen LogP contribution in [0.4, 0.5) is 4.39 Å². The van der Waals surface area contributed by atoms with Gasteiger partial charge >= 0.3 is 0 Å². The molecule has 5 heteroatoms. The van der Waals surface area contributed by atoms with Crippen molar-refractivity contribution >= 4 is 5.91 Å². The maximum Gasteiger partial charge on any atom is 0.221 e. The third-order valence-electron chi connectivity index (χ3n) is 4.71. The number of benzene rings is 2. The quantitative estimate of drug-likeness (QED) is 0.877. The molecule has 1 heterocycles. The molecule has 2 atom stereocenters. The number of nitrogens with one attached hydrogen (secondary N) is 2. The number of carbonyl (C=O) groups is 1. The molecule has 4 nitrogen and oxygen atoms in total. The normalized spacial score (nSPS) is 19.4. The molecule has 1 aliphatic heterocycles. The summed E-state index contributed by atoms with van der Waals surface area (Å²) in [5, 5.41) is 6.07. The average Bonchev–Trinajstić information content (AvgIpc) is 2.64. The second-order valence-electron chi connectivity index (χ2n) is 6.34. The lowest BCUT2D eigenvalue weighted by molar-refractivity contribution is -0.122. The monoisotopic (exact) mass is 341 g/mol. The predicted octanol–water partition coefficient (Wildman–Crippen LogP) is 2.33. The zero-order valence-corrected chi connectivity index (χ0v) is 14.4. The number of nitrogens with zero attached hydrogens (tertiary/aromatic N) is 1. The van der Waals surface area contributed by atoms with Crippen molar-refractivity contribution in [2.24, 2.45) is 0 Å². The molecule has 1 aliphatic rings. The Morgan fingerprint density at radius 3 is 2.72 bits per heavy atom. The Kier molecular flexibility index (Phi) is 5.79. The summed E-state index contributed by atoms with van der Waals surface area (Å²) in [4.78, 5) is 14.3. The summed E-state index contributed by atoms with van der Waals surface area (Å²) in [6.45, 7) is 2.40. The first-order chi connectivity index (χ1) is 12.2. The van der Waals surface area contributed by atoms with Crippen LogP contribution in [-0.4, -0.2) is 43.5 Å². The van der Waals surface area contributed by atoms with E-state index in [1.54, 1.807) is 19.2 Å². The maximum absolute atomic E-state index is 13.9. The Morgan fingerprint density at radius 2 is 2.00 bits per heavy atom. The number of amides is 1. The van der Waals surface area contributed by atoms with Crippen molar-refractivity contribution in [1.29, 1.82) is 0 Å². The van der Waals surface area contributed by atoms with Gasteiger partial charge in [0.05, 0.1) is 6.04 Å². The molecule has 25 heavy (non-hydrogen) atoms. The number of rotatable bonds is 5. The summed E-state index contributed by atoms with van der Waals surface area (Å²) in [7, 11) is 1.66. The van der Waals surface area contributed by atoms with Crippen molar-refractivity contribution in [3.8, 4) is 0 Å². The molecular weight excluding hydrogens is 317 g/mol. The van der Waals surface area contributed by atoms with E-state index in [4.69, 9.17) is 0 Å². The van der Waals surface area contributed by atoms with E-state index < -0.39 is 0 Å². The molecule has 132 valence electrons. The number of halogens is 1. The second kappa shape index (κ2) is 8.23. The molecule has 2 aromatic carbocycles. The van der Waals surface area contributed by atoms with Crippen LogP contribution in [0.2, 0.25) is 0 Å². The van der Waals surface area contributed by atoms with Crippen LogP contribution in [0, 0.1) is 5.82 Å². The topological polar surface area (TPSA) is 44.4 Å². The third-order valence-corrected chi connectivity index (χ3v) is 4.71. The van der Waals surface area contributed by atoms with Crippen LogP contribution in [0.1, 0.15) is 23.6 Å². The van der Waals surface area contributed by atoms with Gasteiger partial charge in [-0.15, -0.1) is 0 Å². The zero-order valence-electron chi connectivity index (χ0n) is 14.4. The smallest absolute Gasteiger partial charge is 0.221 e. The van der Waals surface area contributed by atoms with E-state index in [9.17, 15) is 9.18 Å². The first kappa shape index (κ1) is 17.6. The fraction of sp³-hybridized carbons (Fsp3) is 0.350. The molecular formula is C20H24FN3O. The molecule has 2 aromatic rings. The molecule has 2 N–H and O–H groups in total. The molecule has 1 saturated heterocycles. The van der Waals surface area contributed by atoms with Gasteiger partial charge in [0, 0.05) is 39.1 Å². The lowest BCUT2D eigenvalue weighted by Crippen LogP contribution is -2.54. The molecule has 1 amide bonds. The molecule has 0 bridgehead atoms. The van der Waals surface area contributed by atoms with Gasteiger partial charge in [-0.05, 0) is 23.3 Å². The van der Waals surface area contributed by atoms with E-state index in [1.807, 2.05) is 24.3 Å². The molecule has 1 fully saturated rings. The first-order valence-electron chi connectivity index (χ1n) is 8.66. The van der Waals surface area contributed by atoms with Crippen LogP contribution in [0.25, 0.3) is 0 Å². The second-order valence-corrected chi connectivity index (χ2v) is 6.34. The lowest BCUT2D eigenvalue weighted by Gasteiger charge is -2.42. The standard InChI is InChI=1S/C20H24FN3O/c1-22-19(25)13-18-14-23-10-11-24(18)20(15-6-3-2-4-7-15)16-8-5-9-17(21)12-16/h2-9,12,18,20,23H,10-11,13-14H2,1H3,(H,22,25)/t18-,20?/m0/s1. The highest BCUT2D eigenvalue weighted by Crippen LogP contribution is 2.32. The van der Waals surface area contributed by atoms with Gasteiger partial charge in [-0.3, -0.25) is 9.69 Å². The predicted molar refractivity (Wildman–Crippen MR) is 96.7 cm³/mol.